The summed E-state index contributed by atoms with van der Waals surface area (Å²) in [5.74, 6) is 0. The minimum Gasteiger partial charge on any atom is -0.394 e. The number of aliphatic hydroxyl groups is 1. The van der Waals surface area contributed by atoms with Crippen molar-refractivity contribution in [1.29, 1.82) is 0 Å². The van der Waals surface area contributed by atoms with Crippen LogP contribution in [0, 0.1) is 0 Å². The Kier molecular flexibility index (Phi) is 4.68. The molecule has 0 aliphatic heterocycles. The molecule has 2 unspecified atom stereocenters. The maximum atomic E-state index is 9.97. The maximum absolute atomic E-state index is 9.97. The Hall–Kier alpha value is -0.120. The maximum Gasteiger partial charge on any atom is 0.0613 e. The third-order valence-corrected chi connectivity index (χ3v) is 5.46. The zero-order chi connectivity index (χ0) is 14.0. The minimum absolute atomic E-state index is 0.0312. The van der Waals surface area contributed by atoms with Crippen LogP contribution in [0.25, 0.3) is 0 Å². The number of rotatable bonds is 8. The first-order chi connectivity index (χ1) is 9.76. The first-order valence-electron chi connectivity index (χ1n) is 8.90. The molecule has 0 heterocycles. The van der Waals surface area contributed by atoms with E-state index in [1.54, 1.807) is 0 Å². The fraction of sp³-hybridized carbons (Fsp3) is 1.00. The molecule has 0 spiro atoms. The molecule has 0 radical (unpaired) electrons. The Morgan fingerprint density at radius 1 is 1.15 bits per heavy atom. The third-order valence-electron chi connectivity index (χ3n) is 5.46. The lowest BCUT2D eigenvalue weighted by Gasteiger charge is -2.45. The molecule has 3 nitrogen and oxygen atoms in total. The highest BCUT2D eigenvalue weighted by atomic mass is 16.3. The summed E-state index contributed by atoms with van der Waals surface area (Å²) in [7, 11) is 0. The van der Waals surface area contributed by atoms with Gasteiger partial charge in [-0.2, -0.15) is 0 Å². The Balaban J connectivity index is 1.62. The molecule has 0 saturated heterocycles. The van der Waals surface area contributed by atoms with E-state index >= 15 is 0 Å². The molecule has 3 rings (SSSR count). The normalized spacial score (nSPS) is 34.6. The van der Waals surface area contributed by atoms with E-state index in [1.165, 1.54) is 70.8 Å². The van der Waals surface area contributed by atoms with Crippen LogP contribution in [-0.4, -0.2) is 46.8 Å². The van der Waals surface area contributed by atoms with E-state index in [9.17, 15) is 5.11 Å². The molecule has 0 aromatic rings. The highest BCUT2D eigenvalue weighted by Gasteiger charge is 2.43. The van der Waals surface area contributed by atoms with Crippen molar-refractivity contribution in [1.82, 2.24) is 10.2 Å². The largest absolute Gasteiger partial charge is 0.394 e. The fourth-order valence-corrected chi connectivity index (χ4v) is 4.01. The summed E-state index contributed by atoms with van der Waals surface area (Å²) in [4.78, 5) is 2.79. The van der Waals surface area contributed by atoms with Gasteiger partial charge < -0.3 is 10.4 Å². The standard InChI is InChI=1S/C17H32N2O/c1-2-3-11-19(15-8-9-15)16-5-4-10-17(12-16,13-20)18-14-6-7-14/h14-16,18,20H,2-13H2,1H3. The van der Waals surface area contributed by atoms with Crippen LogP contribution in [0.3, 0.4) is 0 Å². The van der Waals surface area contributed by atoms with Crippen molar-refractivity contribution in [2.24, 2.45) is 0 Å². The molecular weight excluding hydrogens is 248 g/mol. The smallest absolute Gasteiger partial charge is 0.0613 e. The molecular formula is C17H32N2O. The van der Waals surface area contributed by atoms with Gasteiger partial charge in [0.15, 0.2) is 0 Å². The van der Waals surface area contributed by atoms with Crippen molar-refractivity contribution in [3.63, 3.8) is 0 Å². The lowest BCUT2D eigenvalue weighted by atomic mass is 9.78. The van der Waals surface area contributed by atoms with Gasteiger partial charge in [0.1, 0.15) is 0 Å². The van der Waals surface area contributed by atoms with Crippen molar-refractivity contribution in [2.45, 2.75) is 94.8 Å². The number of nitrogens with one attached hydrogen (secondary N) is 1. The zero-order valence-corrected chi connectivity index (χ0v) is 13.1. The van der Waals surface area contributed by atoms with E-state index in [-0.39, 0.29) is 5.54 Å². The SMILES string of the molecule is CCCCN(C1CC1)C1CCCC(CO)(NC2CC2)C1. The first kappa shape index (κ1) is 14.8. The highest BCUT2D eigenvalue weighted by Crippen LogP contribution is 2.38. The summed E-state index contributed by atoms with van der Waals surface area (Å²) >= 11 is 0. The second-order valence-electron chi connectivity index (χ2n) is 7.43. The topological polar surface area (TPSA) is 35.5 Å². The van der Waals surface area contributed by atoms with Gasteiger partial charge in [-0.15, -0.1) is 0 Å². The molecule has 116 valence electrons. The van der Waals surface area contributed by atoms with Crippen LogP contribution in [0.4, 0.5) is 0 Å². The molecule has 20 heavy (non-hydrogen) atoms. The van der Waals surface area contributed by atoms with Crippen LogP contribution >= 0.6 is 0 Å². The number of unbranched alkanes of at least 4 members (excludes halogenated alkanes) is 1. The molecule has 3 fully saturated rings. The van der Waals surface area contributed by atoms with Gasteiger partial charge in [0, 0.05) is 23.7 Å². The summed E-state index contributed by atoms with van der Waals surface area (Å²) in [6.45, 7) is 3.89. The highest BCUT2D eigenvalue weighted by molar-refractivity contribution is 5.02. The van der Waals surface area contributed by atoms with Gasteiger partial charge in [0.25, 0.3) is 0 Å². The van der Waals surface area contributed by atoms with E-state index in [0.29, 0.717) is 18.7 Å². The molecule has 3 aliphatic carbocycles. The van der Waals surface area contributed by atoms with Crippen LogP contribution in [0.1, 0.15) is 71.1 Å². The number of hydrogen-bond acceptors (Lipinski definition) is 3. The number of aliphatic hydroxyl groups excluding tert-OH is 1. The second kappa shape index (κ2) is 6.33. The second-order valence-corrected chi connectivity index (χ2v) is 7.43. The van der Waals surface area contributed by atoms with Crippen LogP contribution < -0.4 is 5.32 Å². The summed E-state index contributed by atoms with van der Waals surface area (Å²) in [6.07, 6.45) is 13.0. The predicted molar refractivity (Wildman–Crippen MR) is 82.9 cm³/mol. The van der Waals surface area contributed by atoms with Crippen LogP contribution in [0.15, 0.2) is 0 Å². The summed E-state index contributed by atoms with van der Waals surface area (Å²) in [5, 5.41) is 13.7. The van der Waals surface area contributed by atoms with Gasteiger partial charge >= 0.3 is 0 Å². The summed E-state index contributed by atoms with van der Waals surface area (Å²) in [6, 6.07) is 2.27. The Bertz CT molecular complexity index is 314. The van der Waals surface area contributed by atoms with Crippen molar-refractivity contribution >= 4 is 0 Å². The van der Waals surface area contributed by atoms with Crippen LogP contribution in [-0.2, 0) is 0 Å². The van der Waals surface area contributed by atoms with Gasteiger partial charge in [0.2, 0.25) is 0 Å². The Morgan fingerprint density at radius 3 is 2.55 bits per heavy atom. The van der Waals surface area contributed by atoms with Gasteiger partial charge in [-0.1, -0.05) is 13.3 Å². The minimum atomic E-state index is 0.0312. The fourth-order valence-electron chi connectivity index (χ4n) is 4.01. The summed E-state index contributed by atoms with van der Waals surface area (Å²) < 4.78 is 0. The molecule has 0 bridgehead atoms. The third kappa shape index (κ3) is 3.55. The molecule has 3 saturated carbocycles. The molecule has 0 aromatic carbocycles. The van der Waals surface area contributed by atoms with E-state index in [4.69, 9.17) is 0 Å². The average molecular weight is 280 g/mol. The molecule has 3 aliphatic rings. The van der Waals surface area contributed by atoms with Gasteiger partial charge in [0.05, 0.1) is 6.61 Å². The van der Waals surface area contributed by atoms with E-state index in [1.807, 2.05) is 0 Å². The van der Waals surface area contributed by atoms with Crippen molar-refractivity contribution < 1.29 is 5.11 Å². The first-order valence-corrected chi connectivity index (χ1v) is 8.90. The van der Waals surface area contributed by atoms with Crippen molar-refractivity contribution in [2.75, 3.05) is 13.2 Å². The number of nitrogens with zero attached hydrogens (tertiary/aromatic N) is 1. The van der Waals surface area contributed by atoms with E-state index < -0.39 is 0 Å². The quantitative estimate of drug-likeness (QED) is 0.717. The molecule has 2 atom stereocenters. The van der Waals surface area contributed by atoms with E-state index in [2.05, 4.69) is 17.1 Å². The van der Waals surface area contributed by atoms with Gasteiger partial charge in [-0.3, -0.25) is 4.90 Å². The molecule has 3 heteroatoms. The van der Waals surface area contributed by atoms with Crippen molar-refractivity contribution in [3.05, 3.63) is 0 Å². The van der Waals surface area contributed by atoms with Gasteiger partial charge in [-0.25, -0.2) is 0 Å². The lowest BCUT2D eigenvalue weighted by molar-refractivity contribution is 0.0535. The lowest BCUT2D eigenvalue weighted by Crippen LogP contribution is -2.57. The Labute approximate surface area is 124 Å². The molecule has 0 aromatic heterocycles. The molecule has 0 amide bonds. The average Bonchev–Trinajstić information content (AvgIpc) is 3.34. The zero-order valence-electron chi connectivity index (χ0n) is 13.1. The van der Waals surface area contributed by atoms with E-state index in [0.717, 1.165) is 6.04 Å². The number of hydrogen-bond donors (Lipinski definition) is 2. The Morgan fingerprint density at radius 2 is 1.95 bits per heavy atom. The summed E-state index contributed by atoms with van der Waals surface area (Å²) in [5.41, 5.74) is 0.0312. The predicted octanol–water partition coefficient (Wildman–Crippen LogP) is 2.68. The van der Waals surface area contributed by atoms with Gasteiger partial charge in [-0.05, 0) is 64.3 Å². The van der Waals surface area contributed by atoms with Crippen LogP contribution in [0.5, 0.6) is 0 Å². The van der Waals surface area contributed by atoms with Crippen molar-refractivity contribution in [3.8, 4) is 0 Å². The molecule has 2 N–H and O–H groups in total. The monoisotopic (exact) mass is 280 g/mol. The van der Waals surface area contributed by atoms with Crippen LogP contribution in [0.2, 0.25) is 0 Å².